The SMILES string of the molecule is CC(C)[C@@H]1C=CCN1C(=O)c1ccc(-c2ccncc2F)cc1. The third kappa shape index (κ3) is 3.02. The second-order valence-corrected chi connectivity index (χ2v) is 6.05. The van der Waals surface area contributed by atoms with Crippen LogP contribution in [0.25, 0.3) is 11.1 Å². The summed E-state index contributed by atoms with van der Waals surface area (Å²) in [5.41, 5.74) is 1.85. The fourth-order valence-corrected chi connectivity index (χ4v) is 2.91. The Bertz CT molecular complexity index is 737. The zero-order chi connectivity index (χ0) is 16.4. The number of rotatable bonds is 3. The van der Waals surface area contributed by atoms with Crippen molar-refractivity contribution in [3.8, 4) is 11.1 Å². The third-order valence-corrected chi connectivity index (χ3v) is 4.15. The molecule has 2 heterocycles. The quantitative estimate of drug-likeness (QED) is 0.805. The van der Waals surface area contributed by atoms with Crippen molar-refractivity contribution in [2.75, 3.05) is 6.54 Å². The van der Waals surface area contributed by atoms with Gasteiger partial charge in [0.05, 0.1) is 12.2 Å². The average molecular weight is 310 g/mol. The van der Waals surface area contributed by atoms with Gasteiger partial charge >= 0.3 is 0 Å². The molecule has 0 spiro atoms. The molecule has 0 saturated heterocycles. The van der Waals surface area contributed by atoms with E-state index in [1.54, 1.807) is 36.5 Å². The maximum absolute atomic E-state index is 13.8. The summed E-state index contributed by atoms with van der Waals surface area (Å²) >= 11 is 0. The Morgan fingerprint density at radius 3 is 2.65 bits per heavy atom. The van der Waals surface area contributed by atoms with Gasteiger partial charge in [0.1, 0.15) is 5.82 Å². The number of hydrogen-bond donors (Lipinski definition) is 0. The summed E-state index contributed by atoms with van der Waals surface area (Å²) in [6.07, 6.45) is 6.87. The van der Waals surface area contributed by atoms with Crippen molar-refractivity contribution in [2.45, 2.75) is 19.9 Å². The number of benzene rings is 1. The summed E-state index contributed by atoms with van der Waals surface area (Å²) in [6.45, 7) is 4.86. The highest BCUT2D eigenvalue weighted by Gasteiger charge is 2.27. The number of halogens is 1. The van der Waals surface area contributed by atoms with Crippen molar-refractivity contribution < 1.29 is 9.18 Å². The average Bonchev–Trinajstić information content (AvgIpc) is 3.05. The van der Waals surface area contributed by atoms with Crippen LogP contribution in [-0.4, -0.2) is 28.4 Å². The maximum Gasteiger partial charge on any atom is 0.254 e. The van der Waals surface area contributed by atoms with Crippen molar-refractivity contribution in [1.82, 2.24) is 9.88 Å². The fraction of sp³-hybridized carbons (Fsp3) is 0.263. The Labute approximate surface area is 135 Å². The van der Waals surface area contributed by atoms with Gasteiger partial charge in [0.2, 0.25) is 0 Å². The van der Waals surface area contributed by atoms with Crippen LogP contribution in [0.5, 0.6) is 0 Å². The lowest BCUT2D eigenvalue weighted by molar-refractivity contribution is 0.0720. The molecule has 1 atom stereocenters. The number of carbonyl (C=O) groups is 1. The highest BCUT2D eigenvalue weighted by Crippen LogP contribution is 2.24. The standard InChI is InChI=1S/C19H19FN2O/c1-13(2)18-4-3-11-22(18)19(23)15-7-5-14(6-8-15)16-9-10-21-12-17(16)20/h3-10,12-13,18H,11H2,1-2H3/t18-/m0/s1. The minimum absolute atomic E-state index is 0.00968. The van der Waals surface area contributed by atoms with Crippen LogP contribution >= 0.6 is 0 Å². The lowest BCUT2D eigenvalue weighted by Crippen LogP contribution is -2.38. The number of aromatic nitrogens is 1. The molecule has 0 aliphatic carbocycles. The van der Waals surface area contributed by atoms with Gasteiger partial charge < -0.3 is 4.90 Å². The molecule has 4 heteroatoms. The molecule has 0 fully saturated rings. The van der Waals surface area contributed by atoms with Gasteiger partial charge in [0.25, 0.3) is 5.91 Å². The monoisotopic (exact) mass is 310 g/mol. The van der Waals surface area contributed by atoms with Gasteiger partial charge in [-0.05, 0) is 29.7 Å². The van der Waals surface area contributed by atoms with Crippen LogP contribution in [0.1, 0.15) is 24.2 Å². The molecule has 1 aliphatic heterocycles. The Morgan fingerprint density at radius 1 is 1.26 bits per heavy atom. The largest absolute Gasteiger partial charge is 0.328 e. The number of carbonyl (C=O) groups excluding carboxylic acids is 1. The van der Waals surface area contributed by atoms with Crippen LogP contribution in [-0.2, 0) is 0 Å². The van der Waals surface area contributed by atoms with Crippen molar-refractivity contribution >= 4 is 5.91 Å². The van der Waals surface area contributed by atoms with Gasteiger partial charge in [-0.1, -0.05) is 38.1 Å². The molecule has 2 aromatic rings. The molecule has 1 aromatic heterocycles. The first kappa shape index (κ1) is 15.4. The molecule has 3 nitrogen and oxygen atoms in total. The Balaban J connectivity index is 1.83. The Morgan fingerprint density at radius 2 is 2.00 bits per heavy atom. The van der Waals surface area contributed by atoms with Crippen molar-refractivity contribution in [3.63, 3.8) is 0 Å². The molecular weight excluding hydrogens is 291 g/mol. The van der Waals surface area contributed by atoms with E-state index in [2.05, 4.69) is 24.9 Å². The normalized spacial score (nSPS) is 17.0. The zero-order valence-corrected chi connectivity index (χ0v) is 13.2. The van der Waals surface area contributed by atoms with Crippen LogP contribution in [0.2, 0.25) is 0 Å². The highest BCUT2D eigenvalue weighted by atomic mass is 19.1. The second-order valence-electron chi connectivity index (χ2n) is 6.05. The summed E-state index contributed by atoms with van der Waals surface area (Å²) < 4.78 is 13.8. The second kappa shape index (κ2) is 6.32. The van der Waals surface area contributed by atoms with E-state index in [1.807, 2.05) is 11.0 Å². The number of amides is 1. The predicted octanol–water partition coefficient (Wildman–Crippen LogP) is 3.92. The Hall–Kier alpha value is -2.49. The van der Waals surface area contributed by atoms with Gasteiger partial charge in [-0.3, -0.25) is 9.78 Å². The number of hydrogen-bond acceptors (Lipinski definition) is 2. The van der Waals surface area contributed by atoms with E-state index in [4.69, 9.17) is 0 Å². The first-order chi connectivity index (χ1) is 11.1. The van der Waals surface area contributed by atoms with Crippen LogP contribution in [0.4, 0.5) is 4.39 Å². The van der Waals surface area contributed by atoms with Gasteiger partial charge in [-0.2, -0.15) is 0 Å². The van der Waals surface area contributed by atoms with Crippen LogP contribution < -0.4 is 0 Å². The molecule has 0 saturated carbocycles. The lowest BCUT2D eigenvalue weighted by atomic mass is 10.0. The minimum atomic E-state index is -0.366. The maximum atomic E-state index is 13.8. The van der Waals surface area contributed by atoms with Gasteiger partial charge in [0, 0.05) is 23.9 Å². The molecule has 0 bridgehead atoms. The first-order valence-electron chi connectivity index (χ1n) is 7.75. The first-order valence-corrected chi connectivity index (χ1v) is 7.75. The van der Waals surface area contributed by atoms with Crippen LogP contribution in [0.3, 0.4) is 0 Å². The summed E-state index contributed by atoms with van der Waals surface area (Å²) in [5, 5.41) is 0. The lowest BCUT2D eigenvalue weighted by Gasteiger charge is -2.27. The minimum Gasteiger partial charge on any atom is -0.328 e. The molecule has 0 radical (unpaired) electrons. The predicted molar refractivity (Wildman–Crippen MR) is 88.4 cm³/mol. The van der Waals surface area contributed by atoms with Crippen LogP contribution in [0.15, 0.2) is 54.9 Å². The van der Waals surface area contributed by atoms with Gasteiger partial charge in [-0.25, -0.2) is 4.39 Å². The molecule has 1 amide bonds. The molecular formula is C19H19FN2O. The summed E-state index contributed by atoms with van der Waals surface area (Å²) in [7, 11) is 0. The Kier molecular flexibility index (Phi) is 4.24. The highest BCUT2D eigenvalue weighted by molar-refractivity contribution is 5.95. The van der Waals surface area contributed by atoms with E-state index in [0.29, 0.717) is 23.6 Å². The van der Waals surface area contributed by atoms with E-state index in [9.17, 15) is 9.18 Å². The topological polar surface area (TPSA) is 33.2 Å². The molecule has 23 heavy (non-hydrogen) atoms. The van der Waals surface area contributed by atoms with E-state index >= 15 is 0 Å². The number of nitrogens with zero attached hydrogens (tertiary/aromatic N) is 2. The molecule has 3 rings (SSSR count). The smallest absolute Gasteiger partial charge is 0.254 e. The van der Waals surface area contributed by atoms with Gasteiger partial charge in [-0.15, -0.1) is 0 Å². The molecule has 0 unspecified atom stereocenters. The van der Waals surface area contributed by atoms with E-state index in [1.165, 1.54) is 6.20 Å². The van der Waals surface area contributed by atoms with Crippen molar-refractivity contribution in [3.05, 3.63) is 66.3 Å². The summed E-state index contributed by atoms with van der Waals surface area (Å²) in [5.74, 6) is 0.0218. The molecule has 1 aliphatic rings. The molecule has 118 valence electrons. The summed E-state index contributed by atoms with van der Waals surface area (Å²) in [4.78, 5) is 18.3. The van der Waals surface area contributed by atoms with Crippen molar-refractivity contribution in [1.29, 1.82) is 0 Å². The number of pyridine rings is 1. The van der Waals surface area contributed by atoms with E-state index < -0.39 is 0 Å². The van der Waals surface area contributed by atoms with Crippen molar-refractivity contribution in [2.24, 2.45) is 5.92 Å². The van der Waals surface area contributed by atoms with Crippen LogP contribution in [0, 0.1) is 11.7 Å². The zero-order valence-electron chi connectivity index (χ0n) is 13.2. The van der Waals surface area contributed by atoms with Gasteiger partial charge in [0.15, 0.2) is 0 Å². The van der Waals surface area contributed by atoms with E-state index in [-0.39, 0.29) is 17.8 Å². The third-order valence-electron chi connectivity index (χ3n) is 4.15. The van der Waals surface area contributed by atoms with E-state index in [0.717, 1.165) is 5.56 Å². The molecule has 1 aromatic carbocycles. The summed E-state index contributed by atoms with van der Waals surface area (Å²) in [6, 6.07) is 8.84. The fourth-order valence-electron chi connectivity index (χ4n) is 2.91. The molecule has 0 N–H and O–H groups in total.